The first-order valence-corrected chi connectivity index (χ1v) is 7.74. The zero-order chi connectivity index (χ0) is 15.4. The molecule has 6 heteroatoms. The van der Waals surface area contributed by atoms with E-state index in [0.29, 0.717) is 17.1 Å². The van der Waals surface area contributed by atoms with Crippen molar-refractivity contribution in [3.8, 4) is 0 Å². The third-order valence-corrected chi connectivity index (χ3v) is 4.11. The molecule has 0 spiro atoms. The highest BCUT2D eigenvalue weighted by Crippen LogP contribution is 2.25. The topological polar surface area (TPSA) is 54.5 Å². The molecular weight excluding hydrogens is 302 g/mol. The highest BCUT2D eigenvalue weighted by atomic mass is 35.5. The van der Waals surface area contributed by atoms with Crippen molar-refractivity contribution < 1.29 is 9.53 Å². The lowest BCUT2D eigenvalue weighted by atomic mass is 10.1. The van der Waals surface area contributed by atoms with E-state index >= 15 is 0 Å². The second kappa shape index (κ2) is 7.05. The van der Waals surface area contributed by atoms with Crippen LogP contribution >= 0.6 is 11.6 Å². The van der Waals surface area contributed by atoms with Gasteiger partial charge in [-0.1, -0.05) is 23.7 Å². The molecule has 1 fully saturated rings. The van der Waals surface area contributed by atoms with Crippen LogP contribution in [0.15, 0.2) is 30.6 Å². The molecule has 0 atom stereocenters. The molecule has 1 aromatic heterocycles. The highest BCUT2D eigenvalue weighted by molar-refractivity contribution is 6.36. The van der Waals surface area contributed by atoms with Gasteiger partial charge in [-0.15, -0.1) is 0 Å². The van der Waals surface area contributed by atoms with Gasteiger partial charge < -0.3 is 10.1 Å². The smallest absolute Gasteiger partial charge is 0.253 e. The number of nitrogens with one attached hydrogen (secondary N) is 1. The number of hydrogen-bond acceptors (Lipinski definition) is 4. The van der Waals surface area contributed by atoms with E-state index in [2.05, 4.69) is 15.2 Å². The molecule has 0 bridgehead atoms. The van der Waals surface area contributed by atoms with Crippen molar-refractivity contribution in [2.45, 2.75) is 0 Å². The molecule has 1 saturated heterocycles. The van der Waals surface area contributed by atoms with E-state index in [4.69, 9.17) is 16.3 Å². The Balaban J connectivity index is 1.67. The van der Waals surface area contributed by atoms with E-state index in [0.717, 1.165) is 43.6 Å². The van der Waals surface area contributed by atoms with E-state index in [9.17, 15) is 4.79 Å². The van der Waals surface area contributed by atoms with Gasteiger partial charge in [-0.05, 0) is 6.07 Å². The van der Waals surface area contributed by atoms with E-state index in [1.165, 1.54) is 0 Å². The fourth-order valence-electron chi connectivity index (χ4n) is 2.61. The summed E-state index contributed by atoms with van der Waals surface area (Å²) in [6, 6.07) is 5.54. The summed E-state index contributed by atoms with van der Waals surface area (Å²) in [6.45, 7) is 4.77. The molecule has 5 nitrogen and oxygen atoms in total. The molecule has 22 heavy (non-hydrogen) atoms. The maximum atomic E-state index is 12.4. The summed E-state index contributed by atoms with van der Waals surface area (Å²) in [5.41, 5.74) is 0.519. The Kier molecular flexibility index (Phi) is 4.87. The van der Waals surface area contributed by atoms with Crippen LogP contribution in [0.25, 0.3) is 10.8 Å². The summed E-state index contributed by atoms with van der Waals surface area (Å²) in [5, 5.41) is 5.13. The molecule has 116 valence electrons. The summed E-state index contributed by atoms with van der Waals surface area (Å²) in [7, 11) is 0. The van der Waals surface area contributed by atoms with Crippen molar-refractivity contribution in [2.75, 3.05) is 39.4 Å². The standard InChI is InChI=1S/C16H18ClN3O2/c17-14-3-1-2-12-10-18-11-13(15(12)14)16(21)19-4-5-20-6-8-22-9-7-20/h1-3,10-11H,4-9H2,(H,19,21). The maximum Gasteiger partial charge on any atom is 0.253 e. The zero-order valence-corrected chi connectivity index (χ0v) is 13.0. The van der Waals surface area contributed by atoms with Gasteiger partial charge in [0.05, 0.1) is 18.8 Å². The molecular formula is C16H18ClN3O2. The fourth-order valence-corrected chi connectivity index (χ4v) is 2.89. The number of nitrogens with zero attached hydrogens (tertiary/aromatic N) is 2. The Morgan fingerprint density at radius 3 is 2.95 bits per heavy atom. The molecule has 1 aliphatic heterocycles. The highest BCUT2D eigenvalue weighted by Gasteiger charge is 2.14. The molecule has 0 radical (unpaired) electrons. The quantitative estimate of drug-likeness (QED) is 0.936. The number of hydrogen-bond donors (Lipinski definition) is 1. The van der Waals surface area contributed by atoms with Gasteiger partial charge in [0.1, 0.15) is 0 Å². The second-order valence-corrected chi connectivity index (χ2v) is 5.64. The lowest BCUT2D eigenvalue weighted by Gasteiger charge is -2.26. The fraction of sp³-hybridized carbons (Fsp3) is 0.375. The van der Waals surface area contributed by atoms with Crippen LogP contribution in [-0.2, 0) is 4.74 Å². The number of rotatable bonds is 4. The average molecular weight is 320 g/mol. The molecule has 0 aliphatic carbocycles. The van der Waals surface area contributed by atoms with Crippen molar-refractivity contribution in [1.29, 1.82) is 0 Å². The molecule has 1 amide bonds. The Labute approximate surface area is 134 Å². The van der Waals surface area contributed by atoms with Crippen molar-refractivity contribution in [3.63, 3.8) is 0 Å². The number of halogens is 1. The third-order valence-electron chi connectivity index (χ3n) is 3.79. The van der Waals surface area contributed by atoms with Crippen LogP contribution in [0.2, 0.25) is 5.02 Å². The lowest BCUT2D eigenvalue weighted by molar-refractivity contribution is 0.0383. The molecule has 2 heterocycles. The van der Waals surface area contributed by atoms with Crippen LogP contribution in [0.5, 0.6) is 0 Å². The van der Waals surface area contributed by atoms with E-state index in [-0.39, 0.29) is 5.91 Å². The predicted molar refractivity (Wildman–Crippen MR) is 86.3 cm³/mol. The van der Waals surface area contributed by atoms with Gasteiger partial charge in [-0.3, -0.25) is 14.7 Å². The van der Waals surface area contributed by atoms with Crippen LogP contribution in [0, 0.1) is 0 Å². The van der Waals surface area contributed by atoms with Crippen molar-refractivity contribution in [3.05, 3.63) is 41.2 Å². The van der Waals surface area contributed by atoms with Gasteiger partial charge in [0.15, 0.2) is 0 Å². The van der Waals surface area contributed by atoms with Crippen LogP contribution in [0.4, 0.5) is 0 Å². The van der Waals surface area contributed by atoms with Crippen molar-refractivity contribution >= 4 is 28.3 Å². The zero-order valence-electron chi connectivity index (χ0n) is 12.2. The first-order chi connectivity index (χ1) is 10.8. The van der Waals surface area contributed by atoms with Gasteiger partial charge in [-0.2, -0.15) is 0 Å². The summed E-state index contributed by atoms with van der Waals surface area (Å²) in [5.74, 6) is -0.139. The lowest BCUT2D eigenvalue weighted by Crippen LogP contribution is -2.41. The first kappa shape index (κ1) is 15.2. The number of ether oxygens (including phenoxy) is 1. The van der Waals surface area contributed by atoms with Crippen LogP contribution < -0.4 is 5.32 Å². The molecule has 3 rings (SSSR count). The minimum absolute atomic E-state index is 0.139. The predicted octanol–water partition coefficient (Wildman–Crippen LogP) is 1.95. The van der Waals surface area contributed by atoms with E-state index < -0.39 is 0 Å². The van der Waals surface area contributed by atoms with Crippen LogP contribution in [-0.4, -0.2) is 55.2 Å². The largest absolute Gasteiger partial charge is 0.379 e. The summed E-state index contributed by atoms with van der Waals surface area (Å²) >= 11 is 6.23. The number of fused-ring (bicyclic) bond motifs is 1. The van der Waals surface area contributed by atoms with E-state index in [1.54, 1.807) is 18.5 Å². The summed E-state index contributed by atoms with van der Waals surface area (Å²) in [6.07, 6.45) is 3.28. The summed E-state index contributed by atoms with van der Waals surface area (Å²) in [4.78, 5) is 18.8. The minimum Gasteiger partial charge on any atom is -0.379 e. The third kappa shape index (κ3) is 3.38. The van der Waals surface area contributed by atoms with Gasteiger partial charge >= 0.3 is 0 Å². The normalized spacial score (nSPS) is 15.9. The Morgan fingerprint density at radius 1 is 1.32 bits per heavy atom. The van der Waals surface area contributed by atoms with Gasteiger partial charge in [0.25, 0.3) is 5.91 Å². The van der Waals surface area contributed by atoms with Crippen molar-refractivity contribution in [2.24, 2.45) is 0 Å². The van der Waals surface area contributed by atoms with Crippen molar-refractivity contribution in [1.82, 2.24) is 15.2 Å². The number of aromatic nitrogens is 1. The van der Waals surface area contributed by atoms with Gasteiger partial charge in [0, 0.05) is 54.4 Å². The number of morpholine rings is 1. The molecule has 1 aromatic carbocycles. The second-order valence-electron chi connectivity index (χ2n) is 5.23. The minimum atomic E-state index is -0.139. The number of pyridine rings is 1. The molecule has 1 N–H and O–H groups in total. The monoisotopic (exact) mass is 319 g/mol. The average Bonchev–Trinajstić information content (AvgIpc) is 2.55. The number of benzene rings is 1. The number of carbonyl (C=O) groups excluding carboxylic acids is 1. The van der Waals surface area contributed by atoms with Gasteiger partial charge in [-0.25, -0.2) is 0 Å². The molecule has 1 aliphatic rings. The molecule has 2 aromatic rings. The first-order valence-electron chi connectivity index (χ1n) is 7.36. The number of amides is 1. The number of carbonyl (C=O) groups is 1. The maximum absolute atomic E-state index is 12.4. The Morgan fingerprint density at radius 2 is 2.14 bits per heavy atom. The van der Waals surface area contributed by atoms with E-state index in [1.807, 2.05) is 12.1 Å². The molecule has 0 unspecified atom stereocenters. The Bertz CT molecular complexity index is 666. The van der Waals surface area contributed by atoms with Gasteiger partial charge in [0.2, 0.25) is 0 Å². The van der Waals surface area contributed by atoms with Crippen LogP contribution in [0.3, 0.4) is 0 Å². The Hall–Kier alpha value is -1.69. The SMILES string of the molecule is O=C(NCCN1CCOCC1)c1cncc2cccc(Cl)c12. The molecule has 0 saturated carbocycles. The van der Waals surface area contributed by atoms with Crippen LogP contribution in [0.1, 0.15) is 10.4 Å². The summed E-state index contributed by atoms with van der Waals surface area (Å²) < 4.78 is 5.31.